The van der Waals surface area contributed by atoms with Crippen LogP contribution in [-0.4, -0.2) is 26.8 Å². The lowest BCUT2D eigenvalue weighted by molar-refractivity contribution is 0.189. The van der Waals surface area contributed by atoms with E-state index in [9.17, 15) is 8.78 Å². The van der Waals surface area contributed by atoms with Gasteiger partial charge in [-0.1, -0.05) is 26.3 Å². The van der Waals surface area contributed by atoms with Gasteiger partial charge in [-0.15, -0.1) is 0 Å². The highest BCUT2D eigenvalue weighted by molar-refractivity contribution is 5.20. The van der Waals surface area contributed by atoms with Crippen molar-refractivity contribution in [1.29, 1.82) is 0 Å². The minimum Gasteiger partial charge on any atom is -0.383 e. The van der Waals surface area contributed by atoms with Gasteiger partial charge in [0.1, 0.15) is 11.6 Å². The maximum atomic E-state index is 13.8. The Hall–Kier alpha value is -1.00. The van der Waals surface area contributed by atoms with E-state index < -0.39 is 11.6 Å². The van der Waals surface area contributed by atoms with Gasteiger partial charge in [0, 0.05) is 26.3 Å². The Labute approximate surface area is 120 Å². The monoisotopic (exact) mass is 285 g/mol. The fourth-order valence-corrected chi connectivity index (χ4v) is 2.53. The molecule has 0 aliphatic heterocycles. The third-order valence-electron chi connectivity index (χ3n) is 3.52. The Bertz CT molecular complexity index is 411. The first kappa shape index (κ1) is 17.1. The minimum atomic E-state index is -0.526. The third-order valence-corrected chi connectivity index (χ3v) is 3.52. The summed E-state index contributed by atoms with van der Waals surface area (Å²) >= 11 is 0. The maximum Gasteiger partial charge on any atom is 0.129 e. The van der Waals surface area contributed by atoms with Crippen LogP contribution in [0.5, 0.6) is 0 Å². The standard InChI is InChI=1S/C16H25F2NO/c1-4-7-16(2,12-19-8-9-20-3)11-13-5-6-14(17)10-15(13)18/h5-6,10,19H,4,7-9,11-12H2,1-3H3. The van der Waals surface area contributed by atoms with Crippen LogP contribution in [-0.2, 0) is 11.2 Å². The zero-order valence-electron chi connectivity index (χ0n) is 12.6. The molecule has 0 aliphatic carbocycles. The second-order valence-corrected chi connectivity index (χ2v) is 5.64. The molecule has 1 rings (SSSR count). The van der Waals surface area contributed by atoms with Gasteiger partial charge in [-0.3, -0.25) is 0 Å². The Morgan fingerprint density at radius 2 is 2.05 bits per heavy atom. The highest BCUT2D eigenvalue weighted by Gasteiger charge is 2.24. The summed E-state index contributed by atoms with van der Waals surface area (Å²) in [6, 6.07) is 3.83. The highest BCUT2D eigenvalue weighted by Crippen LogP contribution is 2.28. The largest absolute Gasteiger partial charge is 0.383 e. The molecule has 0 spiro atoms. The quantitative estimate of drug-likeness (QED) is 0.701. The third kappa shape index (κ3) is 5.55. The molecule has 0 saturated heterocycles. The topological polar surface area (TPSA) is 21.3 Å². The predicted molar refractivity (Wildman–Crippen MR) is 77.8 cm³/mol. The molecule has 4 heteroatoms. The van der Waals surface area contributed by atoms with Crippen LogP contribution in [0.3, 0.4) is 0 Å². The molecule has 0 heterocycles. The number of halogens is 2. The first-order chi connectivity index (χ1) is 9.50. The van der Waals surface area contributed by atoms with E-state index in [1.807, 2.05) is 0 Å². The summed E-state index contributed by atoms with van der Waals surface area (Å²) < 4.78 is 31.7. The number of hydrogen-bond donors (Lipinski definition) is 1. The molecule has 114 valence electrons. The van der Waals surface area contributed by atoms with Crippen molar-refractivity contribution >= 4 is 0 Å². The zero-order valence-corrected chi connectivity index (χ0v) is 12.6. The van der Waals surface area contributed by atoms with Crippen molar-refractivity contribution in [2.45, 2.75) is 33.1 Å². The molecule has 20 heavy (non-hydrogen) atoms. The van der Waals surface area contributed by atoms with Crippen LogP contribution in [0.1, 0.15) is 32.3 Å². The molecule has 1 aromatic rings. The second kappa shape index (κ2) is 8.32. The summed E-state index contributed by atoms with van der Waals surface area (Å²) in [5.74, 6) is -0.981. The van der Waals surface area contributed by atoms with Gasteiger partial charge in [-0.25, -0.2) is 8.78 Å². The summed E-state index contributed by atoms with van der Waals surface area (Å²) in [6.45, 7) is 6.49. The normalized spacial score (nSPS) is 14.2. The van der Waals surface area contributed by atoms with Crippen molar-refractivity contribution < 1.29 is 13.5 Å². The number of nitrogens with one attached hydrogen (secondary N) is 1. The van der Waals surface area contributed by atoms with E-state index in [0.717, 1.165) is 32.0 Å². The number of hydrogen-bond acceptors (Lipinski definition) is 2. The Morgan fingerprint density at radius 1 is 1.30 bits per heavy atom. The van der Waals surface area contributed by atoms with Crippen LogP contribution >= 0.6 is 0 Å². The molecular weight excluding hydrogens is 260 g/mol. The van der Waals surface area contributed by atoms with Gasteiger partial charge in [0.25, 0.3) is 0 Å². The summed E-state index contributed by atoms with van der Waals surface area (Å²) in [5, 5.41) is 3.34. The van der Waals surface area contributed by atoms with Crippen LogP contribution in [0.25, 0.3) is 0 Å². The van der Waals surface area contributed by atoms with Crippen molar-refractivity contribution in [2.24, 2.45) is 5.41 Å². The molecule has 0 amide bonds. The summed E-state index contributed by atoms with van der Waals surface area (Å²) in [6.07, 6.45) is 2.63. The molecule has 0 bridgehead atoms. The van der Waals surface area contributed by atoms with Crippen LogP contribution in [0.2, 0.25) is 0 Å². The molecule has 1 aromatic carbocycles. The summed E-state index contributed by atoms with van der Waals surface area (Å²) in [4.78, 5) is 0. The average Bonchev–Trinajstić information content (AvgIpc) is 2.39. The molecule has 1 N–H and O–H groups in total. The Morgan fingerprint density at radius 3 is 2.65 bits per heavy atom. The fraction of sp³-hybridized carbons (Fsp3) is 0.625. The molecule has 1 unspecified atom stereocenters. The van der Waals surface area contributed by atoms with E-state index in [1.165, 1.54) is 6.07 Å². The van der Waals surface area contributed by atoms with Crippen LogP contribution in [0.4, 0.5) is 8.78 Å². The zero-order chi connectivity index (χ0) is 15.0. The molecule has 2 nitrogen and oxygen atoms in total. The molecule has 0 fully saturated rings. The van der Waals surface area contributed by atoms with Gasteiger partial charge in [-0.2, -0.15) is 0 Å². The summed E-state index contributed by atoms with van der Waals surface area (Å²) in [5.41, 5.74) is 0.539. The molecule has 1 atom stereocenters. The van der Waals surface area contributed by atoms with Crippen molar-refractivity contribution in [2.75, 3.05) is 26.8 Å². The second-order valence-electron chi connectivity index (χ2n) is 5.64. The van der Waals surface area contributed by atoms with Gasteiger partial charge < -0.3 is 10.1 Å². The molecule has 0 aliphatic rings. The number of benzene rings is 1. The first-order valence-electron chi connectivity index (χ1n) is 7.14. The van der Waals surface area contributed by atoms with Gasteiger partial charge in [0.2, 0.25) is 0 Å². The highest BCUT2D eigenvalue weighted by atomic mass is 19.1. The fourth-order valence-electron chi connectivity index (χ4n) is 2.53. The Kier molecular flexibility index (Phi) is 7.10. The summed E-state index contributed by atoms with van der Waals surface area (Å²) in [7, 11) is 1.67. The SMILES string of the molecule is CCCC(C)(CNCCOC)Cc1ccc(F)cc1F. The van der Waals surface area contributed by atoms with E-state index in [0.29, 0.717) is 18.6 Å². The molecular formula is C16H25F2NO. The van der Waals surface area contributed by atoms with Gasteiger partial charge >= 0.3 is 0 Å². The lowest BCUT2D eigenvalue weighted by Crippen LogP contribution is -2.35. The van der Waals surface area contributed by atoms with Crippen LogP contribution in [0, 0.1) is 17.0 Å². The van der Waals surface area contributed by atoms with E-state index in [-0.39, 0.29) is 5.41 Å². The molecule has 0 aromatic heterocycles. The van der Waals surface area contributed by atoms with E-state index in [4.69, 9.17) is 4.74 Å². The molecule has 0 radical (unpaired) electrons. The lowest BCUT2D eigenvalue weighted by Gasteiger charge is -2.30. The van der Waals surface area contributed by atoms with E-state index in [1.54, 1.807) is 13.2 Å². The van der Waals surface area contributed by atoms with Gasteiger partial charge in [-0.05, 0) is 29.9 Å². The van der Waals surface area contributed by atoms with Crippen molar-refractivity contribution in [3.8, 4) is 0 Å². The van der Waals surface area contributed by atoms with E-state index >= 15 is 0 Å². The van der Waals surface area contributed by atoms with Crippen LogP contribution in [0.15, 0.2) is 18.2 Å². The smallest absolute Gasteiger partial charge is 0.129 e. The number of ether oxygens (including phenoxy) is 1. The lowest BCUT2D eigenvalue weighted by atomic mass is 9.79. The Balaban J connectivity index is 2.69. The minimum absolute atomic E-state index is 0.0405. The maximum absolute atomic E-state index is 13.8. The first-order valence-corrected chi connectivity index (χ1v) is 7.14. The van der Waals surface area contributed by atoms with Gasteiger partial charge in [0.05, 0.1) is 6.61 Å². The van der Waals surface area contributed by atoms with Crippen molar-refractivity contribution in [3.63, 3.8) is 0 Å². The van der Waals surface area contributed by atoms with E-state index in [2.05, 4.69) is 19.2 Å². The number of methoxy groups -OCH3 is 1. The average molecular weight is 285 g/mol. The van der Waals surface area contributed by atoms with Crippen molar-refractivity contribution in [1.82, 2.24) is 5.32 Å². The number of rotatable bonds is 9. The molecule has 0 saturated carbocycles. The van der Waals surface area contributed by atoms with Crippen molar-refractivity contribution in [3.05, 3.63) is 35.4 Å². The van der Waals surface area contributed by atoms with Crippen LogP contribution < -0.4 is 5.32 Å². The predicted octanol–water partition coefficient (Wildman–Crippen LogP) is 3.55. The van der Waals surface area contributed by atoms with Gasteiger partial charge in [0.15, 0.2) is 0 Å².